The largest absolute Gasteiger partial charge is 0.462 e. The number of hydrogen-bond acceptors (Lipinski definition) is 2. The number of carbonyl (C=O) groups excluding carboxylic acids is 1. The van der Waals surface area contributed by atoms with Gasteiger partial charge in [-0.3, -0.25) is 4.79 Å². The summed E-state index contributed by atoms with van der Waals surface area (Å²) in [7, 11) is 0. The molecule has 0 aromatic rings. The Morgan fingerprint density at radius 1 is 1.29 bits per heavy atom. The first kappa shape index (κ1) is 13.5. The van der Waals surface area contributed by atoms with Crippen LogP contribution in [0.1, 0.15) is 60.3 Å². The predicted octanol–water partition coefficient (Wildman–Crippen LogP) is 3.54. The normalized spacial score (nSPS) is 13.8. The standard InChI is InChI=1S/C12H24O2/c1-6-10(14-11(13)7-2)9-12(4,5)8-3/h10H,6-9H2,1-5H3. The summed E-state index contributed by atoms with van der Waals surface area (Å²) in [5.41, 5.74) is 0.273. The summed E-state index contributed by atoms with van der Waals surface area (Å²) in [6, 6.07) is 0. The van der Waals surface area contributed by atoms with Gasteiger partial charge in [0.05, 0.1) is 0 Å². The van der Waals surface area contributed by atoms with Gasteiger partial charge in [-0.2, -0.15) is 0 Å². The summed E-state index contributed by atoms with van der Waals surface area (Å²) in [5.74, 6) is -0.0799. The first-order valence-electron chi connectivity index (χ1n) is 5.64. The van der Waals surface area contributed by atoms with E-state index in [1.165, 1.54) is 0 Å². The molecule has 84 valence electrons. The molecule has 0 saturated carbocycles. The van der Waals surface area contributed by atoms with Gasteiger partial charge in [0.1, 0.15) is 6.10 Å². The minimum Gasteiger partial charge on any atom is -0.462 e. The first-order valence-corrected chi connectivity index (χ1v) is 5.64. The second-order valence-corrected chi connectivity index (χ2v) is 4.60. The maximum Gasteiger partial charge on any atom is 0.305 e. The highest BCUT2D eigenvalue weighted by molar-refractivity contribution is 5.69. The van der Waals surface area contributed by atoms with Crippen LogP contribution in [0.3, 0.4) is 0 Å². The van der Waals surface area contributed by atoms with Crippen molar-refractivity contribution in [2.45, 2.75) is 66.4 Å². The molecule has 0 aromatic carbocycles. The molecule has 0 saturated heterocycles. The summed E-state index contributed by atoms with van der Waals surface area (Å²) in [5, 5.41) is 0. The third-order valence-corrected chi connectivity index (χ3v) is 2.78. The zero-order valence-corrected chi connectivity index (χ0v) is 10.2. The van der Waals surface area contributed by atoms with Gasteiger partial charge in [-0.1, -0.05) is 41.0 Å². The maximum atomic E-state index is 11.1. The predicted molar refractivity (Wildman–Crippen MR) is 59.2 cm³/mol. The van der Waals surface area contributed by atoms with E-state index < -0.39 is 0 Å². The SMILES string of the molecule is CCC(=O)OC(CC)CC(C)(C)CC. The Hall–Kier alpha value is -0.530. The lowest BCUT2D eigenvalue weighted by molar-refractivity contribution is -0.150. The van der Waals surface area contributed by atoms with Crippen molar-refractivity contribution in [2.75, 3.05) is 0 Å². The Morgan fingerprint density at radius 3 is 2.21 bits per heavy atom. The van der Waals surface area contributed by atoms with E-state index in [0.29, 0.717) is 6.42 Å². The molecule has 0 spiro atoms. The lowest BCUT2D eigenvalue weighted by atomic mass is 9.83. The van der Waals surface area contributed by atoms with Crippen molar-refractivity contribution in [1.82, 2.24) is 0 Å². The van der Waals surface area contributed by atoms with Gasteiger partial charge < -0.3 is 4.74 Å². The summed E-state index contributed by atoms with van der Waals surface area (Å²) < 4.78 is 5.35. The highest BCUT2D eigenvalue weighted by Gasteiger charge is 2.22. The van der Waals surface area contributed by atoms with Crippen molar-refractivity contribution in [3.8, 4) is 0 Å². The molecule has 0 radical (unpaired) electrons. The van der Waals surface area contributed by atoms with E-state index in [4.69, 9.17) is 4.74 Å². The first-order chi connectivity index (χ1) is 6.45. The number of carbonyl (C=O) groups is 1. The van der Waals surface area contributed by atoms with Gasteiger partial charge in [0.15, 0.2) is 0 Å². The molecular formula is C12H24O2. The van der Waals surface area contributed by atoms with E-state index >= 15 is 0 Å². The van der Waals surface area contributed by atoms with E-state index in [1.54, 1.807) is 0 Å². The summed E-state index contributed by atoms with van der Waals surface area (Å²) >= 11 is 0. The van der Waals surface area contributed by atoms with Gasteiger partial charge in [-0.05, 0) is 18.3 Å². The minimum absolute atomic E-state index is 0.0799. The highest BCUT2D eigenvalue weighted by atomic mass is 16.5. The van der Waals surface area contributed by atoms with E-state index in [-0.39, 0.29) is 17.5 Å². The van der Waals surface area contributed by atoms with Gasteiger partial charge in [-0.15, -0.1) is 0 Å². The van der Waals surface area contributed by atoms with Crippen LogP contribution >= 0.6 is 0 Å². The fourth-order valence-corrected chi connectivity index (χ4v) is 1.30. The molecule has 0 rings (SSSR count). The van der Waals surface area contributed by atoms with Crippen LogP contribution in [-0.4, -0.2) is 12.1 Å². The quantitative estimate of drug-likeness (QED) is 0.613. The van der Waals surface area contributed by atoms with Crippen molar-refractivity contribution in [3.05, 3.63) is 0 Å². The summed E-state index contributed by atoms with van der Waals surface area (Å²) in [6.45, 7) is 10.5. The van der Waals surface area contributed by atoms with Crippen molar-refractivity contribution in [3.63, 3.8) is 0 Å². The highest BCUT2D eigenvalue weighted by Crippen LogP contribution is 2.28. The van der Waals surface area contributed by atoms with Crippen molar-refractivity contribution >= 4 is 5.97 Å². The molecular weight excluding hydrogens is 176 g/mol. The molecule has 0 aliphatic heterocycles. The Morgan fingerprint density at radius 2 is 1.86 bits per heavy atom. The third kappa shape index (κ3) is 5.25. The number of esters is 1. The average molecular weight is 200 g/mol. The molecule has 1 atom stereocenters. The van der Waals surface area contributed by atoms with E-state index in [9.17, 15) is 4.79 Å². The van der Waals surface area contributed by atoms with Crippen LogP contribution in [0.25, 0.3) is 0 Å². The lowest BCUT2D eigenvalue weighted by Crippen LogP contribution is -2.24. The van der Waals surface area contributed by atoms with Crippen LogP contribution in [0, 0.1) is 5.41 Å². The molecule has 14 heavy (non-hydrogen) atoms. The van der Waals surface area contributed by atoms with Crippen molar-refractivity contribution in [2.24, 2.45) is 5.41 Å². The van der Waals surface area contributed by atoms with Gasteiger partial charge in [-0.25, -0.2) is 0 Å². The number of ether oxygens (including phenoxy) is 1. The van der Waals surface area contributed by atoms with Gasteiger partial charge in [0.25, 0.3) is 0 Å². The molecule has 0 amide bonds. The Bertz CT molecular complexity index is 173. The fraction of sp³-hybridized carbons (Fsp3) is 0.917. The minimum atomic E-state index is -0.0799. The second kappa shape index (κ2) is 6.05. The number of rotatable bonds is 6. The van der Waals surface area contributed by atoms with Crippen LogP contribution in [0.15, 0.2) is 0 Å². The fourth-order valence-electron chi connectivity index (χ4n) is 1.30. The molecule has 0 aromatic heterocycles. The molecule has 0 heterocycles. The van der Waals surface area contributed by atoms with E-state index in [1.807, 2.05) is 6.92 Å². The molecule has 0 aliphatic carbocycles. The van der Waals surface area contributed by atoms with Crippen LogP contribution in [0.2, 0.25) is 0 Å². The Balaban J connectivity index is 4.09. The van der Waals surface area contributed by atoms with Crippen LogP contribution in [0.5, 0.6) is 0 Å². The average Bonchev–Trinajstić information content (AvgIpc) is 2.16. The second-order valence-electron chi connectivity index (χ2n) is 4.60. The van der Waals surface area contributed by atoms with Gasteiger partial charge in [0.2, 0.25) is 0 Å². The topological polar surface area (TPSA) is 26.3 Å². The smallest absolute Gasteiger partial charge is 0.305 e. The molecule has 2 nitrogen and oxygen atoms in total. The molecule has 0 fully saturated rings. The molecule has 2 heteroatoms. The molecule has 0 bridgehead atoms. The monoisotopic (exact) mass is 200 g/mol. The molecule has 1 unspecified atom stereocenters. The van der Waals surface area contributed by atoms with Gasteiger partial charge >= 0.3 is 5.97 Å². The molecule has 0 N–H and O–H groups in total. The third-order valence-electron chi connectivity index (χ3n) is 2.78. The number of hydrogen-bond donors (Lipinski definition) is 0. The zero-order chi connectivity index (χ0) is 11.2. The van der Waals surface area contributed by atoms with Crippen LogP contribution in [-0.2, 0) is 9.53 Å². The van der Waals surface area contributed by atoms with E-state index in [0.717, 1.165) is 19.3 Å². The van der Waals surface area contributed by atoms with Crippen LogP contribution in [0.4, 0.5) is 0 Å². The van der Waals surface area contributed by atoms with Crippen molar-refractivity contribution < 1.29 is 9.53 Å². The van der Waals surface area contributed by atoms with Crippen LogP contribution < -0.4 is 0 Å². The van der Waals surface area contributed by atoms with Crippen molar-refractivity contribution in [1.29, 1.82) is 0 Å². The summed E-state index contributed by atoms with van der Waals surface area (Å²) in [6.07, 6.45) is 3.56. The Kier molecular flexibility index (Phi) is 5.82. The maximum absolute atomic E-state index is 11.1. The Labute approximate surface area is 88.0 Å². The zero-order valence-electron chi connectivity index (χ0n) is 10.2. The lowest BCUT2D eigenvalue weighted by Gasteiger charge is -2.27. The molecule has 0 aliphatic rings. The summed E-state index contributed by atoms with van der Waals surface area (Å²) in [4.78, 5) is 11.1. The van der Waals surface area contributed by atoms with E-state index in [2.05, 4.69) is 27.7 Å². The van der Waals surface area contributed by atoms with Gasteiger partial charge in [0, 0.05) is 6.42 Å².